The van der Waals surface area contributed by atoms with Crippen molar-refractivity contribution in [3.05, 3.63) is 70.8 Å². The van der Waals surface area contributed by atoms with Crippen LogP contribution >= 0.6 is 0 Å². The average molecular weight is 332 g/mol. The molecule has 2 aromatic carbocycles. The van der Waals surface area contributed by atoms with Gasteiger partial charge >= 0.3 is 6.03 Å². The zero-order chi connectivity index (χ0) is 17.6. The van der Waals surface area contributed by atoms with Crippen LogP contribution in [0, 0.1) is 0 Å². The van der Waals surface area contributed by atoms with Gasteiger partial charge in [0.15, 0.2) is 0 Å². The van der Waals surface area contributed by atoms with Gasteiger partial charge in [0.1, 0.15) is 0 Å². The molecule has 2 bridgehead atoms. The minimum absolute atomic E-state index is 0.126. The van der Waals surface area contributed by atoms with Crippen molar-refractivity contribution >= 4 is 11.9 Å². The molecule has 4 heteroatoms. The first kappa shape index (κ1) is 14.7. The highest BCUT2D eigenvalue weighted by Gasteiger charge is 2.67. The highest BCUT2D eigenvalue weighted by atomic mass is 16.2. The van der Waals surface area contributed by atoms with E-state index in [4.69, 9.17) is 0 Å². The van der Waals surface area contributed by atoms with Crippen molar-refractivity contribution in [3.63, 3.8) is 0 Å². The third-order valence-corrected chi connectivity index (χ3v) is 6.74. The van der Waals surface area contributed by atoms with Gasteiger partial charge in [0.05, 0.1) is 12.1 Å². The first-order valence-corrected chi connectivity index (χ1v) is 8.72. The van der Waals surface area contributed by atoms with Crippen LogP contribution in [-0.4, -0.2) is 28.9 Å². The van der Waals surface area contributed by atoms with Crippen molar-refractivity contribution in [3.8, 4) is 0 Å². The number of nitrogens with zero attached hydrogens (tertiary/aromatic N) is 1. The van der Waals surface area contributed by atoms with Gasteiger partial charge in [-0.05, 0) is 36.1 Å². The van der Waals surface area contributed by atoms with Gasteiger partial charge in [-0.3, -0.25) is 9.69 Å². The van der Waals surface area contributed by atoms with Crippen molar-refractivity contribution in [1.29, 1.82) is 0 Å². The number of nitrogens with one attached hydrogen (secondary N) is 1. The standard InChI is InChI=1S/C21H20N2O2/c1-12(24)23-18-17(22-19(23)25)20(2)13-8-4-6-10-15(13)21(18,3)16-11-7-5-9-14(16)20/h4-11,17-18H,1-3H3,(H,22,25)/t17-,18+,20?,21?/m1/s1. The van der Waals surface area contributed by atoms with Crippen LogP contribution in [0.1, 0.15) is 43.0 Å². The molecule has 0 unspecified atom stereocenters. The SMILES string of the molecule is CC(=O)N1C(=O)N[C@@H]2[C@H]1C1(C)c3ccccc3C2(C)c2ccccc21. The second-order valence-corrected chi connectivity index (χ2v) is 7.76. The Bertz CT molecular complexity index is 901. The number of rotatable bonds is 0. The topological polar surface area (TPSA) is 49.4 Å². The highest BCUT2D eigenvalue weighted by molar-refractivity contribution is 5.97. The molecule has 1 N–H and O–H groups in total. The fraction of sp³-hybridized carbons (Fsp3) is 0.333. The van der Waals surface area contributed by atoms with Crippen molar-refractivity contribution in [2.45, 2.75) is 43.7 Å². The molecule has 25 heavy (non-hydrogen) atoms. The van der Waals surface area contributed by atoms with Crippen LogP contribution < -0.4 is 5.32 Å². The monoisotopic (exact) mass is 332 g/mol. The maximum atomic E-state index is 12.7. The van der Waals surface area contributed by atoms with E-state index in [9.17, 15) is 9.59 Å². The molecule has 0 radical (unpaired) electrons. The third kappa shape index (κ3) is 1.41. The van der Waals surface area contributed by atoms with Crippen LogP contribution in [0.5, 0.6) is 0 Å². The molecule has 1 saturated heterocycles. The number of urea groups is 1. The van der Waals surface area contributed by atoms with E-state index in [0.717, 1.165) is 0 Å². The van der Waals surface area contributed by atoms with E-state index in [1.54, 1.807) is 0 Å². The van der Waals surface area contributed by atoms with Crippen molar-refractivity contribution in [1.82, 2.24) is 10.2 Å². The molecule has 0 spiro atoms. The number of imide groups is 1. The Morgan fingerprint density at radius 2 is 1.36 bits per heavy atom. The zero-order valence-electron chi connectivity index (χ0n) is 14.5. The predicted octanol–water partition coefficient (Wildman–Crippen LogP) is 2.93. The minimum Gasteiger partial charge on any atom is -0.331 e. The fourth-order valence-electron chi connectivity index (χ4n) is 5.67. The summed E-state index contributed by atoms with van der Waals surface area (Å²) in [7, 11) is 0. The number of carbonyl (C=O) groups is 2. The molecular formula is C21H20N2O2. The van der Waals surface area contributed by atoms with Gasteiger partial charge in [-0.15, -0.1) is 0 Å². The third-order valence-electron chi connectivity index (χ3n) is 6.74. The van der Waals surface area contributed by atoms with Gasteiger partial charge < -0.3 is 5.32 Å². The predicted molar refractivity (Wildman–Crippen MR) is 94.4 cm³/mol. The van der Waals surface area contributed by atoms with Gasteiger partial charge in [-0.25, -0.2) is 4.79 Å². The van der Waals surface area contributed by atoms with Crippen LogP contribution in [-0.2, 0) is 15.6 Å². The Labute approximate surface area is 146 Å². The summed E-state index contributed by atoms with van der Waals surface area (Å²) in [6, 6.07) is 16.2. The van der Waals surface area contributed by atoms with E-state index < -0.39 is 5.41 Å². The smallest absolute Gasteiger partial charge is 0.324 e. The molecule has 0 aromatic heterocycles. The molecule has 3 aliphatic carbocycles. The molecule has 4 aliphatic rings. The van der Waals surface area contributed by atoms with E-state index in [1.165, 1.54) is 34.1 Å². The van der Waals surface area contributed by atoms with Crippen LogP contribution in [0.2, 0.25) is 0 Å². The van der Waals surface area contributed by atoms with Crippen LogP contribution in [0.3, 0.4) is 0 Å². The summed E-state index contributed by atoms with van der Waals surface area (Å²) in [5.41, 5.74) is 4.18. The lowest BCUT2D eigenvalue weighted by Gasteiger charge is -2.59. The Morgan fingerprint density at radius 3 is 1.80 bits per heavy atom. The maximum Gasteiger partial charge on any atom is 0.324 e. The molecule has 2 atom stereocenters. The second kappa shape index (κ2) is 4.31. The highest BCUT2D eigenvalue weighted by Crippen LogP contribution is 2.61. The average Bonchev–Trinajstić information content (AvgIpc) is 2.98. The van der Waals surface area contributed by atoms with Crippen molar-refractivity contribution in [2.24, 2.45) is 0 Å². The maximum absolute atomic E-state index is 12.7. The molecule has 0 saturated carbocycles. The van der Waals surface area contributed by atoms with Crippen LogP contribution in [0.25, 0.3) is 0 Å². The largest absolute Gasteiger partial charge is 0.331 e. The van der Waals surface area contributed by atoms with Gasteiger partial charge in [0.2, 0.25) is 5.91 Å². The lowest BCUT2D eigenvalue weighted by molar-refractivity contribution is -0.128. The normalized spacial score (nSPS) is 34.2. The molecule has 2 aromatic rings. The summed E-state index contributed by atoms with van der Waals surface area (Å²) in [4.78, 5) is 26.4. The molecule has 4 nitrogen and oxygen atoms in total. The summed E-state index contributed by atoms with van der Waals surface area (Å²) in [5.74, 6) is -0.197. The number of hydrogen-bond donors (Lipinski definition) is 1. The van der Waals surface area contributed by atoms with E-state index in [1.807, 2.05) is 12.1 Å². The minimum atomic E-state index is -0.416. The van der Waals surface area contributed by atoms with E-state index in [2.05, 4.69) is 55.6 Å². The lowest BCUT2D eigenvalue weighted by Crippen LogP contribution is -2.67. The first-order valence-electron chi connectivity index (χ1n) is 8.72. The summed E-state index contributed by atoms with van der Waals surface area (Å²) in [6.45, 7) is 5.86. The summed E-state index contributed by atoms with van der Waals surface area (Å²) >= 11 is 0. The van der Waals surface area contributed by atoms with Gasteiger partial charge in [-0.1, -0.05) is 48.5 Å². The number of amides is 3. The summed E-state index contributed by atoms with van der Waals surface area (Å²) in [6.07, 6.45) is 0. The Hall–Kier alpha value is -2.62. The van der Waals surface area contributed by atoms with Crippen LogP contribution in [0.4, 0.5) is 4.79 Å². The summed E-state index contributed by atoms with van der Waals surface area (Å²) in [5, 5.41) is 3.13. The van der Waals surface area contributed by atoms with Crippen molar-refractivity contribution in [2.75, 3.05) is 0 Å². The quantitative estimate of drug-likeness (QED) is 0.806. The van der Waals surface area contributed by atoms with Gasteiger partial charge in [0.25, 0.3) is 0 Å². The molecule has 126 valence electrons. The Morgan fingerprint density at radius 1 is 0.920 bits per heavy atom. The van der Waals surface area contributed by atoms with Gasteiger partial charge in [-0.2, -0.15) is 0 Å². The number of hydrogen-bond acceptors (Lipinski definition) is 2. The molecular weight excluding hydrogens is 312 g/mol. The second-order valence-electron chi connectivity index (χ2n) is 7.76. The number of benzene rings is 2. The van der Waals surface area contributed by atoms with Crippen LogP contribution in [0.15, 0.2) is 48.5 Å². The molecule has 1 fully saturated rings. The van der Waals surface area contributed by atoms with E-state index >= 15 is 0 Å². The fourth-order valence-corrected chi connectivity index (χ4v) is 5.67. The van der Waals surface area contributed by atoms with E-state index in [-0.39, 0.29) is 29.4 Å². The van der Waals surface area contributed by atoms with Gasteiger partial charge in [0, 0.05) is 17.8 Å². The molecule has 1 aliphatic heterocycles. The summed E-state index contributed by atoms with van der Waals surface area (Å²) < 4.78 is 0. The number of carbonyl (C=O) groups excluding carboxylic acids is 2. The molecule has 1 heterocycles. The molecule has 6 rings (SSSR count). The molecule has 3 amide bonds. The van der Waals surface area contributed by atoms with E-state index in [0.29, 0.717) is 0 Å². The Balaban J connectivity index is 1.92. The zero-order valence-corrected chi connectivity index (χ0v) is 14.5. The Kier molecular flexibility index (Phi) is 2.54. The van der Waals surface area contributed by atoms with Crippen molar-refractivity contribution < 1.29 is 9.59 Å². The lowest BCUT2D eigenvalue weighted by atomic mass is 9.46. The first-order chi connectivity index (χ1) is 11.9.